The summed E-state index contributed by atoms with van der Waals surface area (Å²) in [5.74, 6) is 0.648. The molecule has 0 spiro atoms. The van der Waals surface area contributed by atoms with Crippen molar-refractivity contribution >= 4 is 6.29 Å². The smallest absolute Gasteiger partial charge is 0.142 e. The highest BCUT2D eigenvalue weighted by Crippen LogP contribution is 2.41. The third-order valence-corrected chi connectivity index (χ3v) is 2.47. The van der Waals surface area contributed by atoms with E-state index in [4.69, 9.17) is 0 Å². The molecular weight excluding hydrogens is 136 g/mol. The van der Waals surface area contributed by atoms with E-state index in [1.165, 1.54) is 19.3 Å². The van der Waals surface area contributed by atoms with Crippen molar-refractivity contribution in [3.63, 3.8) is 0 Å². The van der Waals surface area contributed by atoms with E-state index >= 15 is 0 Å². The van der Waals surface area contributed by atoms with Crippen molar-refractivity contribution in [2.45, 2.75) is 33.1 Å². The topological polar surface area (TPSA) is 17.1 Å². The summed E-state index contributed by atoms with van der Waals surface area (Å²) in [5.41, 5.74) is 0.498. The number of allylic oxidation sites excluding steroid dienone is 2. The second-order valence-electron chi connectivity index (χ2n) is 4.19. The van der Waals surface area contributed by atoms with Crippen LogP contribution < -0.4 is 0 Å². The largest absolute Gasteiger partial charge is 0.299 e. The molecule has 1 fully saturated rings. The summed E-state index contributed by atoms with van der Waals surface area (Å²) in [6.45, 7) is 4.59. The molecule has 0 heterocycles. The Hall–Kier alpha value is -0.590. The van der Waals surface area contributed by atoms with Gasteiger partial charge in [-0.1, -0.05) is 19.9 Å². The van der Waals surface area contributed by atoms with Crippen LogP contribution in [0.5, 0.6) is 0 Å². The van der Waals surface area contributed by atoms with Crippen LogP contribution in [-0.4, -0.2) is 6.29 Å². The predicted molar refractivity (Wildman–Crippen MR) is 46.3 cm³/mol. The zero-order chi connectivity index (χ0) is 8.32. The molecule has 0 aromatic rings. The van der Waals surface area contributed by atoms with Crippen LogP contribution in [0.4, 0.5) is 0 Å². The van der Waals surface area contributed by atoms with Crippen LogP contribution in [0.15, 0.2) is 12.2 Å². The lowest BCUT2D eigenvalue weighted by Gasteiger charge is -2.15. The molecular formula is C10H16O. The molecule has 0 amide bonds. The van der Waals surface area contributed by atoms with Crippen LogP contribution in [0.3, 0.4) is 0 Å². The van der Waals surface area contributed by atoms with Gasteiger partial charge in [-0.25, -0.2) is 0 Å². The van der Waals surface area contributed by atoms with Crippen LogP contribution in [0.25, 0.3) is 0 Å². The van der Waals surface area contributed by atoms with Crippen molar-refractivity contribution < 1.29 is 4.79 Å². The van der Waals surface area contributed by atoms with Crippen LogP contribution >= 0.6 is 0 Å². The van der Waals surface area contributed by atoms with Crippen LogP contribution in [-0.2, 0) is 4.79 Å². The van der Waals surface area contributed by atoms with Crippen molar-refractivity contribution in [1.29, 1.82) is 0 Å². The highest BCUT2D eigenvalue weighted by Gasteiger charge is 2.28. The molecule has 1 unspecified atom stereocenters. The number of aldehydes is 1. The first-order chi connectivity index (χ1) is 5.14. The number of carbonyl (C=O) groups is 1. The highest BCUT2D eigenvalue weighted by molar-refractivity contribution is 5.64. The summed E-state index contributed by atoms with van der Waals surface area (Å²) < 4.78 is 0. The molecule has 0 saturated heterocycles. The molecule has 11 heavy (non-hydrogen) atoms. The van der Waals surface area contributed by atoms with Gasteiger partial charge in [0, 0.05) is 0 Å². The van der Waals surface area contributed by atoms with E-state index in [0.29, 0.717) is 11.3 Å². The minimum Gasteiger partial charge on any atom is -0.299 e. The molecule has 1 atom stereocenters. The predicted octanol–water partition coefficient (Wildman–Crippen LogP) is 2.57. The fourth-order valence-electron chi connectivity index (χ4n) is 1.86. The lowest BCUT2D eigenvalue weighted by Crippen LogP contribution is -2.04. The minimum absolute atomic E-state index is 0.498. The SMILES string of the molecule is CC1(C)CCC(/C=C/C=O)C1. The van der Waals surface area contributed by atoms with Crippen LogP contribution in [0.1, 0.15) is 33.1 Å². The Morgan fingerprint density at radius 3 is 2.64 bits per heavy atom. The fourth-order valence-corrected chi connectivity index (χ4v) is 1.86. The molecule has 0 bridgehead atoms. The Balaban J connectivity index is 2.42. The molecule has 0 aromatic carbocycles. The first-order valence-electron chi connectivity index (χ1n) is 4.26. The van der Waals surface area contributed by atoms with Gasteiger partial charge in [0.05, 0.1) is 0 Å². The summed E-state index contributed by atoms with van der Waals surface area (Å²) in [6.07, 6.45) is 8.31. The van der Waals surface area contributed by atoms with E-state index in [-0.39, 0.29) is 0 Å². The fraction of sp³-hybridized carbons (Fsp3) is 0.700. The van der Waals surface area contributed by atoms with Gasteiger partial charge in [0.15, 0.2) is 0 Å². The number of hydrogen-bond acceptors (Lipinski definition) is 1. The maximum atomic E-state index is 10.0. The summed E-state index contributed by atoms with van der Waals surface area (Å²) in [6, 6.07) is 0. The Kier molecular flexibility index (Phi) is 2.48. The molecule has 1 aliphatic carbocycles. The van der Waals surface area contributed by atoms with Gasteiger partial charge in [0.25, 0.3) is 0 Å². The van der Waals surface area contributed by atoms with Gasteiger partial charge in [-0.2, -0.15) is 0 Å². The molecule has 0 aromatic heterocycles. The monoisotopic (exact) mass is 152 g/mol. The lowest BCUT2D eigenvalue weighted by molar-refractivity contribution is -0.104. The average molecular weight is 152 g/mol. The molecule has 1 nitrogen and oxygen atoms in total. The lowest BCUT2D eigenvalue weighted by atomic mass is 9.90. The second kappa shape index (κ2) is 3.21. The first kappa shape index (κ1) is 8.51. The van der Waals surface area contributed by atoms with Gasteiger partial charge in [-0.15, -0.1) is 0 Å². The number of hydrogen-bond donors (Lipinski definition) is 0. The van der Waals surface area contributed by atoms with E-state index in [1.807, 2.05) is 6.08 Å². The zero-order valence-electron chi connectivity index (χ0n) is 7.34. The van der Waals surface area contributed by atoms with Crippen LogP contribution in [0.2, 0.25) is 0 Å². The minimum atomic E-state index is 0.498. The van der Waals surface area contributed by atoms with Gasteiger partial charge >= 0.3 is 0 Å². The molecule has 62 valence electrons. The summed E-state index contributed by atoms with van der Waals surface area (Å²) in [5, 5.41) is 0. The summed E-state index contributed by atoms with van der Waals surface area (Å²) in [7, 11) is 0. The summed E-state index contributed by atoms with van der Waals surface area (Å²) in [4.78, 5) is 10.0. The van der Waals surface area contributed by atoms with Crippen molar-refractivity contribution in [3.05, 3.63) is 12.2 Å². The molecule has 1 heteroatoms. The van der Waals surface area contributed by atoms with Crippen molar-refractivity contribution in [1.82, 2.24) is 0 Å². The Bertz CT molecular complexity index is 168. The molecule has 1 saturated carbocycles. The molecule has 0 aliphatic heterocycles. The number of rotatable bonds is 2. The van der Waals surface area contributed by atoms with Gasteiger partial charge in [-0.05, 0) is 36.7 Å². The zero-order valence-corrected chi connectivity index (χ0v) is 7.34. The third kappa shape index (κ3) is 2.49. The van der Waals surface area contributed by atoms with Crippen molar-refractivity contribution in [2.75, 3.05) is 0 Å². The van der Waals surface area contributed by atoms with Gasteiger partial charge in [0.2, 0.25) is 0 Å². The Labute approximate surface area is 68.5 Å². The van der Waals surface area contributed by atoms with E-state index in [1.54, 1.807) is 6.08 Å². The molecule has 0 radical (unpaired) electrons. The van der Waals surface area contributed by atoms with Gasteiger partial charge in [-0.3, -0.25) is 4.79 Å². The molecule has 1 aliphatic rings. The Morgan fingerprint density at radius 1 is 1.45 bits per heavy atom. The summed E-state index contributed by atoms with van der Waals surface area (Å²) >= 11 is 0. The van der Waals surface area contributed by atoms with Crippen LogP contribution in [0, 0.1) is 11.3 Å². The van der Waals surface area contributed by atoms with E-state index in [9.17, 15) is 4.79 Å². The maximum Gasteiger partial charge on any atom is 0.142 e. The maximum absolute atomic E-state index is 10.0. The number of carbonyl (C=O) groups excluding carboxylic acids is 1. The second-order valence-corrected chi connectivity index (χ2v) is 4.19. The molecule has 1 rings (SSSR count). The van der Waals surface area contributed by atoms with Crippen molar-refractivity contribution in [2.24, 2.45) is 11.3 Å². The first-order valence-corrected chi connectivity index (χ1v) is 4.26. The van der Waals surface area contributed by atoms with E-state index in [0.717, 1.165) is 6.29 Å². The Morgan fingerprint density at radius 2 is 2.18 bits per heavy atom. The molecule has 0 N–H and O–H groups in total. The normalized spacial score (nSPS) is 29.5. The van der Waals surface area contributed by atoms with Gasteiger partial charge in [0.1, 0.15) is 6.29 Å². The van der Waals surface area contributed by atoms with Crippen molar-refractivity contribution in [3.8, 4) is 0 Å². The quantitative estimate of drug-likeness (QED) is 0.439. The van der Waals surface area contributed by atoms with E-state index < -0.39 is 0 Å². The average Bonchev–Trinajstić information content (AvgIpc) is 2.26. The highest BCUT2D eigenvalue weighted by atomic mass is 16.1. The van der Waals surface area contributed by atoms with Gasteiger partial charge < -0.3 is 0 Å². The van der Waals surface area contributed by atoms with E-state index in [2.05, 4.69) is 13.8 Å². The standard InChI is InChI=1S/C10H16O/c1-10(2)6-5-9(8-10)4-3-7-11/h3-4,7,9H,5-6,8H2,1-2H3/b4-3+. The third-order valence-electron chi connectivity index (χ3n) is 2.47.